The van der Waals surface area contributed by atoms with Gasteiger partial charge in [0.05, 0.1) is 4.90 Å². The second-order valence-corrected chi connectivity index (χ2v) is 6.16. The molecule has 0 atom stereocenters. The van der Waals surface area contributed by atoms with Crippen LogP contribution in [0.25, 0.3) is 0 Å². The fourth-order valence-electron chi connectivity index (χ4n) is 1.69. The minimum Gasteiger partial charge on any atom is -0.338 e. The molecule has 0 saturated heterocycles. The standard InChI is InChI=1S/C11H11F3N2O3S/c12-11(13,14)10(5-6-10)16-9(17)7-1-3-8(4-2-7)20(15,18)19/h1-4H,5-6H2,(H,16,17)(H2,15,18,19). The highest BCUT2D eigenvalue weighted by Crippen LogP contribution is 2.49. The van der Waals surface area contributed by atoms with Gasteiger partial charge in [-0.1, -0.05) is 0 Å². The summed E-state index contributed by atoms with van der Waals surface area (Å²) in [6, 6.07) is 4.36. The summed E-state index contributed by atoms with van der Waals surface area (Å²) in [4.78, 5) is 11.5. The quantitative estimate of drug-likeness (QED) is 0.878. The third-order valence-electron chi connectivity index (χ3n) is 3.09. The summed E-state index contributed by atoms with van der Waals surface area (Å²) >= 11 is 0. The Morgan fingerprint density at radius 3 is 2.05 bits per heavy atom. The maximum Gasteiger partial charge on any atom is 0.411 e. The van der Waals surface area contributed by atoms with Gasteiger partial charge in [-0.3, -0.25) is 4.79 Å². The second kappa shape index (κ2) is 4.45. The summed E-state index contributed by atoms with van der Waals surface area (Å²) in [6.45, 7) is 0. The number of amides is 1. The Morgan fingerprint density at radius 1 is 1.20 bits per heavy atom. The molecule has 5 nitrogen and oxygen atoms in total. The Kier molecular flexibility index (Phi) is 3.29. The molecule has 1 aliphatic rings. The molecule has 20 heavy (non-hydrogen) atoms. The first kappa shape index (κ1) is 14.8. The summed E-state index contributed by atoms with van der Waals surface area (Å²) in [7, 11) is -3.90. The molecule has 1 fully saturated rings. The van der Waals surface area contributed by atoms with Gasteiger partial charge in [0.2, 0.25) is 10.0 Å². The lowest BCUT2D eigenvalue weighted by Gasteiger charge is -2.20. The number of alkyl halides is 3. The molecule has 0 bridgehead atoms. The van der Waals surface area contributed by atoms with Gasteiger partial charge in [-0.15, -0.1) is 0 Å². The van der Waals surface area contributed by atoms with E-state index >= 15 is 0 Å². The van der Waals surface area contributed by atoms with E-state index in [2.05, 4.69) is 0 Å². The Morgan fingerprint density at radius 2 is 1.70 bits per heavy atom. The molecule has 1 aliphatic carbocycles. The molecule has 0 radical (unpaired) electrons. The number of hydrogen-bond donors (Lipinski definition) is 2. The van der Waals surface area contributed by atoms with Crippen molar-refractivity contribution < 1.29 is 26.4 Å². The number of carbonyl (C=O) groups is 1. The molecule has 0 spiro atoms. The van der Waals surface area contributed by atoms with E-state index in [0.717, 1.165) is 24.3 Å². The largest absolute Gasteiger partial charge is 0.411 e. The lowest BCUT2D eigenvalue weighted by atomic mass is 10.2. The Balaban J connectivity index is 2.15. The van der Waals surface area contributed by atoms with Crippen molar-refractivity contribution in [2.75, 3.05) is 0 Å². The molecule has 0 aromatic heterocycles. The summed E-state index contributed by atoms with van der Waals surface area (Å²) < 4.78 is 60.1. The molecule has 9 heteroatoms. The molecule has 0 unspecified atom stereocenters. The van der Waals surface area contributed by atoms with Crippen LogP contribution < -0.4 is 10.5 Å². The number of carbonyl (C=O) groups excluding carboxylic acids is 1. The fraction of sp³-hybridized carbons (Fsp3) is 0.364. The van der Waals surface area contributed by atoms with Crippen LogP contribution in [0.5, 0.6) is 0 Å². The van der Waals surface area contributed by atoms with Crippen molar-refractivity contribution in [3.8, 4) is 0 Å². The van der Waals surface area contributed by atoms with Gasteiger partial charge < -0.3 is 5.32 Å². The van der Waals surface area contributed by atoms with E-state index in [1.54, 1.807) is 0 Å². The monoisotopic (exact) mass is 308 g/mol. The molecule has 1 amide bonds. The van der Waals surface area contributed by atoms with E-state index in [1.165, 1.54) is 0 Å². The molecule has 1 aromatic rings. The molecule has 2 rings (SSSR count). The third kappa shape index (κ3) is 2.78. The zero-order chi connectivity index (χ0) is 15.2. The summed E-state index contributed by atoms with van der Waals surface area (Å²) in [5, 5.41) is 6.81. The van der Waals surface area contributed by atoms with Crippen molar-refractivity contribution in [1.29, 1.82) is 0 Å². The number of halogens is 3. The minimum atomic E-state index is -4.50. The van der Waals surface area contributed by atoms with Gasteiger partial charge in [0.1, 0.15) is 5.54 Å². The Bertz CT molecular complexity index is 634. The van der Waals surface area contributed by atoms with E-state index in [1.807, 2.05) is 5.32 Å². The van der Waals surface area contributed by atoms with Crippen molar-refractivity contribution in [2.24, 2.45) is 5.14 Å². The number of primary sulfonamides is 1. The number of rotatable bonds is 3. The maximum absolute atomic E-state index is 12.7. The van der Waals surface area contributed by atoms with Crippen LogP contribution >= 0.6 is 0 Å². The molecule has 110 valence electrons. The van der Waals surface area contributed by atoms with Crippen LogP contribution in [0.4, 0.5) is 13.2 Å². The molecule has 1 aromatic carbocycles. The highest BCUT2D eigenvalue weighted by atomic mass is 32.2. The summed E-state index contributed by atoms with van der Waals surface area (Å²) in [5.74, 6) is -0.902. The summed E-state index contributed by atoms with van der Waals surface area (Å²) in [6.07, 6.45) is -4.81. The van der Waals surface area contributed by atoms with E-state index in [-0.39, 0.29) is 23.3 Å². The predicted molar refractivity (Wildman–Crippen MR) is 63.3 cm³/mol. The zero-order valence-corrected chi connectivity index (χ0v) is 10.9. The molecule has 0 heterocycles. The lowest BCUT2D eigenvalue weighted by Crippen LogP contribution is -2.47. The zero-order valence-electron chi connectivity index (χ0n) is 10.1. The molecular formula is C11H11F3N2O3S. The highest BCUT2D eigenvalue weighted by molar-refractivity contribution is 7.89. The smallest absolute Gasteiger partial charge is 0.338 e. The molecule has 1 saturated carbocycles. The number of nitrogens with one attached hydrogen (secondary N) is 1. The normalized spacial score (nSPS) is 17.6. The molecule has 3 N–H and O–H groups in total. The van der Waals surface area contributed by atoms with Gasteiger partial charge in [-0.2, -0.15) is 13.2 Å². The van der Waals surface area contributed by atoms with Crippen LogP contribution in [0.1, 0.15) is 23.2 Å². The van der Waals surface area contributed by atoms with Crippen LogP contribution in [0.3, 0.4) is 0 Å². The predicted octanol–water partition coefficient (Wildman–Crippen LogP) is 1.16. The van der Waals surface area contributed by atoms with E-state index < -0.39 is 27.6 Å². The molecule has 0 aliphatic heterocycles. The number of benzene rings is 1. The first-order valence-electron chi connectivity index (χ1n) is 5.57. The topological polar surface area (TPSA) is 89.3 Å². The van der Waals surface area contributed by atoms with Crippen molar-refractivity contribution in [3.05, 3.63) is 29.8 Å². The van der Waals surface area contributed by atoms with E-state index in [9.17, 15) is 26.4 Å². The number of sulfonamides is 1. The summed E-state index contributed by atoms with van der Waals surface area (Å²) in [5.41, 5.74) is -2.21. The van der Waals surface area contributed by atoms with Gasteiger partial charge in [0.25, 0.3) is 5.91 Å². The first-order chi connectivity index (χ1) is 9.05. The average molecular weight is 308 g/mol. The lowest BCUT2D eigenvalue weighted by molar-refractivity contribution is -0.163. The average Bonchev–Trinajstić information content (AvgIpc) is 3.08. The van der Waals surface area contributed by atoms with E-state index in [0.29, 0.717) is 0 Å². The van der Waals surface area contributed by atoms with Crippen molar-refractivity contribution in [1.82, 2.24) is 5.32 Å². The van der Waals surface area contributed by atoms with Crippen molar-refractivity contribution in [2.45, 2.75) is 29.5 Å². The van der Waals surface area contributed by atoms with Gasteiger partial charge in [0, 0.05) is 5.56 Å². The van der Waals surface area contributed by atoms with Gasteiger partial charge >= 0.3 is 6.18 Å². The van der Waals surface area contributed by atoms with Crippen molar-refractivity contribution >= 4 is 15.9 Å². The number of hydrogen-bond acceptors (Lipinski definition) is 3. The highest BCUT2D eigenvalue weighted by Gasteiger charge is 2.64. The second-order valence-electron chi connectivity index (χ2n) is 4.60. The third-order valence-corrected chi connectivity index (χ3v) is 4.02. The van der Waals surface area contributed by atoms with Gasteiger partial charge in [-0.25, -0.2) is 13.6 Å². The van der Waals surface area contributed by atoms with Crippen LogP contribution in [-0.2, 0) is 10.0 Å². The fourth-order valence-corrected chi connectivity index (χ4v) is 2.21. The van der Waals surface area contributed by atoms with Crippen LogP contribution in [-0.4, -0.2) is 26.0 Å². The van der Waals surface area contributed by atoms with Crippen LogP contribution in [0.15, 0.2) is 29.2 Å². The Labute approximate surface area is 113 Å². The van der Waals surface area contributed by atoms with Crippen LogP contribution in [0.2, 0.25) is 0 Å². The van der Waals surface area contributed by atoms with Crippen LogP contribution in [0, 0.1) is 0 Å². The first-order valence-corrected chi connectivity index (χ1v) is 7.12. The maximum atomic E-state index is 12.7. The Hall–Kier alpha value is -1.61. The SMILES string of the molecule is NS(=O)(=O)c1ccc(C(=O)NC2(C(F)(F)F)CC2)cc1. The van der Waals surface area contributed by atoms with E-state index in [4.69, 9.17) is 5.14 Å². The van der Waals surface area contributed by atoms with Crippen molar-refractivity contribution in [3.63, 3.8) is 0 Å². The van der Waals surface area contributed by atoms with Gasteiger partial charge in [-0.05, 0) is 37.1 Å². The number of nitrogens with two attached hydrogens (primary N) is 1. The molecular weight excluding hydrogens is 297 g/mol. The van der Waals surface area contributed by atoms with Gasteiger partial charge in [0.15, 0.2) is 0 Å². The minimum absolute atomic E-state index is 0.0621.